The number of aliphatic hydroxyl groups excluding tert-OH is 1. The molecule has 0 saturated heterocycles. The Morgan fingerprint density at radius 1 is 1.36 bits per heavy atom. The molecule has 1 rings (SSSR count). The number of Topliss-reactive ketones (excluding diaryl/α,β-unsaturated/α-hetero) is 1. The van der Waals surface area contributed by atoms with Crippen LogP contribution in [0.2, 0.25) is 0 Å². The third-order valence-corrected chi connectivity index (χ3v) is 1.59. The third-order valence-electron chi connectivity index (χ3n) is 1.59. The number of ether oxygens (including phenoxy) is 1. The van der Waals surface area contributed by atoms with Crippen molar-refractivity contribution in [3.8, 4) is 11.5 Å². The first-order valence-corrected chi connectivity index (χ1v) is 3.98. The summed E-state index contributed by atoms with van der Waals surface area (Å²) >= 11 is 0. The van der Waals surface area contributed by atoms with Crippen LogP contribution in [0.25, 0.3) is 0 Å². The molecule has 2 N–H and O–H groups in total. The molecule has 0 spiro atoms. The highest BCUT2D eigenvalue weighted by molar-refractivity contribution is 5.94. The zero-order valence-electron chi connectivity index (χ0n) is 8.44. The maximum Gasteiger partial charge on any atom is 0.161 e. The summed E-state index contributed by atoms with van der Waals surface area (Å²) in [4.78, 5) is 10.9. The van der Waals surface area contributed by atoms with E-state index in [-0.39, 0.29) is 11.5 Å². The fraction of sp³-hybridized carbons (Fsp3) is 0.300. The zero-order valence-corrected chi connectivity index (χ0v) is 8.44. The molecule has 0 bridgehead atoms. The predicted octanol–water partition coefficient (Wildman–Crippen LogP) is 1.21. The van der Waals surface area contributed by atoms with E-state index in [9.17, 15) is 9.90 Å². The van der Waals surface area contributed by atoms with E-state index in [0.29, 0.717) is 11.3 Å². The highest BCUT2D eigenvalue weighted by Crippen LogP contribution is 2.26. The fourth-order valence-corrected chi connectivity index (χ4v) is 0.897. The van der Waals surface area contributed by atoms with Gasteiger partial charge in [-0.05, 0) is 25.1 Å². The summed E-state index contributed by atoms with van der Waals surface area (Å²) in [5.41, 5.74) is 0.532. The van der Waals surface area contributed by atoms with E-state index in [1.54, 1.807) is 6.07 Å². The van der Waals surface area contributed by atoms with Crippen molar-refractivity contribution in [2.24, 2.45) is 0 Å². The van der Waals surface area contributed by atoms with Crippen LogP contribution in [0, 0.1) is 0 Å². The molecule has 0 radical (unpaired) electrons. The van der Waals surface area contributed by atoms with Gasteiger partial charge in [-0.25, -0.2) is 0 Å². The van der Waals surface area contributed by atoms with Gasteiger partial charge in [0.2, 0.25) is 0 Å². The van der Waals surface area contributed by atoms with Crippen molar-refractivity contribution in [2.45, 2.75) is 6.92 Å². The molecule has 78 valence electrons. The van der Waals surface area contributed by atoms with Crippen LogP contribution >= 0.6 is 0 Å². The van der Waals surface area contributed by atoms with Gasteiger partial charge in [0, 0.05) is 12.7 Å². The largest absolute Gasteiger partial charge is 0.504 e. The Balaban J connectivity index is 0.000000791. The number of phenolic OH excluding ortho intramolecular Hbond substituents is 1. The van der Waals surface area contributed by atoms with Gasteiger partial charge in [0.1, 0.15) is 0 Å². The van der Waals surface area contributed by atoms with Crippen molar-refractivity contribution >= 4 is 5.78 Å². The topological polar surface area (TPSA) is 66.8 Å². The van der Waals surface area contributed by atoms with Gasteiger partial charge >= 0.3 is 0 Å². The smallest absolute Gasteiger partial charge is 0.161 e. The summed E-state index contributed by atoms with van der Waals surface area (Å²) < 4.78 is 4.83. The molecule has 0 heterocycles. The van der Waals surface area contributed by atoms with Crippen LogP contribution in [-0.4, -0.2) is 30.2 Å². The van der Waals surface area contributed by atoms with Crippen molar-refractivity contribution in [1.82, 2.24) is 0 Å². The van der Waals surface area contributed by atoms with Crippen LogP contribution in [-0.2, 0) is 0 Å². The number of carbonyl (C=O) groups is 1. The molecule has 0 fully saturated rings. The molecule has 0 aliphatic rings. The summed E-state index contributed by atoms with van der Waals surface area (Å²) in [6.45, 7) is 1.46. The second-order valence-electron chi connectivity index (χ2n) is 2.44. The first-order chi connectivity index (χ1) is 6.65. The minimum Gasteiger partial charge on any atom is -0.504 e. The summed E-state index contributed by atoms with van der Waals surface area (Å²) in [7, 11) is 2.44. The van der Waals surface area contributed by atoms with Crippen LogP contribution in [0.15, 0.2) is 18.2 Å². The van der Waals surface area contributed by atoms with Gasteiger partial charge in [0.25, 0.3) is 0 Å². The van der Waals surface area contributed by atoms with Crippen LogP contribution in [0.5, 0.6) is 11.5 Å². The minimum absolute atomic E-state index is 0.0440. The lowest BCUT2D eigenvalue weighted by Crippen LogP contribution is -1.92. The molecule has 4 nitrogen and oxygen atoms in total. The first-order valence-electron chi connectivity index (χ1n) is 3.98. The van der Waals surface area contributed by atoms with Gasteiger partial charge in [-0.15, -0.1) is 0 Å². The monoisotopic (exact) mass is 198 g/mol. The number of rotatable bonds is 2. The second kappa shape index (κ2) is 5.99. The van der Waals surface area contributed by atoms with E-state index in [1.165, 1.54) is 26.2 Å². The number of aliphatic hydroxyl groups is 1. The molecule has 0 atom stereocenters. The zero-order chi connectivity index (χ0) is 11.1. The molecule has 14 heavy (non-hydrogen) atoms. The Morgan fingerprint density at radius 3 is 2.36 bits per heavy atom. The van der Waals surface area contributed by atoms with Gasteiger partial charge in [-0.1, -0.05) is 0 Å². The number of methoxy groups -OCH3 is 1. The number of hydrogen-bond acceptors (Lipinski definition) is 4. The summed E-state index contributed by atoms with van der Waals surface area (Å²) in [6, 6.07) is 4.51. The Bertz CT molecular complexity index is 307. The Labute approximate surface area is 82.8 Å². The lowest BCUT2D eigenvalue weighted by molar-refractivity contribution is 0.101. The van der Waals surface area contributed by atoms with Crippen molar-refractivity contribution in [2.75, 3.05) is 14.2 Å². The Hall–Kier alpha value is -1.55. The van der Waals surface area contributed by atoms with Crippen LogP contribution < -0.4 is 4.74 Å². The molecular formula is C10H14O4. The SMILES string of the molecule is CO.COc1cc(C(C)=O)ccc1O. The summed E-state index contributed by atoms with van der Waals surface area (Å²) in [5, 5.41) is 16.2. The number of hydrogen-bond donors (Lipinski definition) is 2. The van der Waals surface area contributed by atoms with E-state index in [2.05, 4.69) is 0 Å². The van der Waals surface area contributed by atoms with E-state index in [4.69, 9.17) is 9.84 Å². The lowest BCUT2D eigenvalue weighted by Gasteiger charge is -2.03. The van der Waals surface area contributed by atoms with Crippen LogP contribution in [0.3, 0.4) is 0 Å². The van der Waals surface area contributed by atoms with Gasteiger partial charge in [0.15, 0.2) is 17.3 Å². The molecule has 1 aromatic rings. The quantitative estimate of drug-likeness (QED) is 0.701. The molecule has 1 aromatic carbocycles. The van der Waals surface area contributed by atoms with Gasteiger partial charge < -0.3 is 14.9 Å². The van der Waals surface area contributed by atoms with Crippen molar-refractivity contribution in [1.29, 1.82) is 0 Å². The molecule has 0 aliphatic heterocycles. The minimum atomic E-state index is -0.0479. The number of ketones is 1. The first kappa shape index (κ1) is 12.5. The number of benzene rings is 1. The van der Waals surface area contributed by atoms with Crippen LogP contribution in [0.4, 0.5) is 0 Å². The summed E-state index contributed by atoms with van der Waals surface area (Å²) in [5.74, 6) is 0.318. The van der Waals surface area contributed by atoms with E-state index >= 15 is 0 Å². The Morgan fingerprint density at radius 2 is 1.93 bits per heavy atom. The fourth-order valence-electron chi connectivity index (χ4n) is 0.897. The molecule has 0 saturated carbocycles. The van der Waals surface area contributed by atoms with E-state index < -0.39 is 0 Å². The average Bonchev–Trinajstić information content (AvgIpc) is 2.21. The highest BCUT2D eigenvalue weighted by Gasteiger charge is 2.04. The third kappa shape index (κ3) is 3.06. The standard InChI is InChI=1S/C9H10O3.CH4O/c1-6(10)7-3-4-8(11)9(5-7)12-2;1-2/h3-5,11H,1-2H3;2H,1H3. The maximum absolute atomic E-state index is 10.9. The van der Waals surface area contributed by atoms with Crippen molar-refractivity contribution in [3.63, 3.8) is 0 Å². The maximum atomic E-state index is 10.9. The normalized spacial score (nSPS) is 8.57. The molecular weight excluding hydrogens is 184 g/mol. The van der Waals surface area contributed by atoms with E-state index in [1.807, 2.05) is 0 Å². The van der Waals surface area contributed by atoms with Gasteiger partial charge in [-0.2, -0.15) is 0 Å². The molecule has 0 aromatic heterocycles. The van der Waals surface area contributed by atoms with Gasteiger partial charge in [0.05, 0.1) is 7.11 Å². The molecule has 0 aliphatic carbocycles. The molecule has 4 heteroatoms. The second-order valence-corrected chi connectivity index (χ2v) is 2.44. The number of aromatic hydroxyl groups is 1. The average molecular weight is 198 g/mol. The Kier molecular flexibility index (Phi) is 5.33. The van der Waals surface area contributed by atoms with Crippen LogP contribution in [0.1, 0.15) is 17.3 Å². The predicted molar refractivity (Wildman–Crippen MR) is 52.8 cm³/mol. The van der Waals surface area contributed by atoms with Crippen molar-refractivity contribution < 1.29 is 19.7 Å². The number of carbonyl (C=O) groups excluding carboxylic acids is 1. The van der Waals surface area contributed by atoms with Gasteiger partial charge in [-0.3, -0.25) is 4.79 Å². The van der Waals surface area contributed by atoms with Crippen molar-refractivity contribution in [3.05, 3.63) is 23.8 Å². The number of phenols is 1. The van der Waals surface area contributed by atoms with E-state index in [0.717, 1.165) is 7.11 Å². The highest BCUT2D eigenvalue weighted by atomic mass is 16.5. The lowest BCUT2D eigenvalue weighted by atomic mass is 10.1. The summed E-state index contributed by atoms with van der Waals surface area (Å²) in [6.07, 6.45) is 0. The molecule has 0 unspecified atom stereocenters. The molecule has 0 amide bonds.